The van der Waals surface area contributed by atoms with Crippen LogP contribution in [0.3, 0.4) is 0 Å². The van der Waals surface area contributed by atoms with Crippen LogP contribution in [0.1, 0.15) is 74.6 Å². The number of aromatic nitrogens is 1. The third-order valence-corrected chi connectivity index (χ3v) is 8.38. The van der Waals surface area contributed by atoms with E-state index in [1.54, 1.807) is 0 Å². The maximum atomic E-state index is 9.36. The van der Waals surface area contributed by atoms with E-state index in [4.69, 9.17) is 4.74 Å². The number of fused-ring (bicyclic) bond motifs is 1. The Balaban J connectivity index is 1.44. The molecule has 0 saturated carbocycles. The molecule has 3 heterocycles. The molecule has 0 aliphatic carbocycles. The summed E-state index contributed by atoms with van der Waals surface area (Å²) >= 11 is 0. The van der Waals surface area contributed by atoms with Gasteiger partial charge in [-0.3, -0.25) is 0 Å². The van der Waals surface area contributed by atoms with Crippen molar-refractivity contribution in [3.63, 3.8) is 0 Å². The fourth-order valence-corrected chi connectivity index (χ4v) is 6.38. The predicted molar refractivity (Wildman–Crippen MR) is 148 cm³/mol. The summed E-state index contributed by atoms with van der Waals surface area (Å²) in [5.41, 5.74) is 7.21. The molecule has 0 amide bonds. The van der Waals surface area contributed by atoms with Crippen LogP contribution < -0.4 is 4.90 Å². The molecule has 1 N–H and O–H groups in total. The molecule has 0 bridgehead atoms. The summed E-state index contributed by atoms with van der Waals surface area (Å²) in [4.78, 5) is 8.80. The lowest BCUT2D eigenvalue weighted by molar-refractivity contribution is 0.0251. The van der Waals surface area contributed by atoms with Crippen molar-refractivity contribution in [3.05, 3.63) is 58.7 Å². The van der Waals surface area contributed by atoms with E-state index in [2.05, 4.69) is 72.8 Å². The zero-order chi connectivity index (χ0) is 25.2. The Hall–Kier alpha value is -2.81. The van der Waals surface area contributed by atoms with Crippen molar-refractivity contribution in [1.82, 2.24) is 9.88 Å². The van der Waals surface area contributed by atoms with E-state index in [1.165, 1.54) is 66.5 Å². The highest BCUT2D eigenvalue weighted by atomic mass is 16.5. The van der Waals surface area contributed by atoms with Gasteiger partial charge in [-0.25, -0.2) is 0 Å². The molecule has 2 saturated heterocycles. The van der Waals surface area contributed by atoms with Gasteiger partial charge in [0, 0.05) is 41.9 Å². The fourth-order valence-electron chi connectivity index (χ4n) is 6.38. The molecular formula is C31H40N4O. The highest BCUT2D eigenvalue weighted by Crippen LogP contribution is 2.39. The molecule has 0 atom stereocenters. The van der Waals surface area contributed by atoms with E-state index in [0.717, 1.165) is 31.0 Å². The normalized spacial score (nSPS) is 18.1. The molecular weight excluding hydrogens is 444 g/mol. The summed E-state index contributed by atoms with van der Waals surface area (Å²) in [5, 5.41) is 10.5. The van der Waals surface area contributed by atoms with Crippen LogP contribution in [0, 0.1) is 18.3 Å². The Morgan fingerprint density at radius 3 is 2.50 bits per heavy atom. The van der Waals surface area contributed by atoms with E-state index in [0.29, 0.717) is 23.6 Å². The average molecular weight is 485 g/mol. The maximum Gasteiger partial charge on any atom is 0.114 e. The Morgan fingerprint density at radius 2 is 1.83 bits per heavy atom. The van der Waals surface area contributed by atoms with Gasteiger partial charge in [-0.2, -0.15) is 5.26 Å². The second kappa shape index (κ2) is 10.7. The molecule has 0 radical (unpaired) electrons. The van der Waals surface area contributed by atoms with E-state index in [9.17, 15) is 5.26 Å². The number of aromatic amines is 1. The molecule has 2 aliphatic rings. The van der Waals surface area contributed by atoms with Crippen LogP contribution in [-0.2, 0) is 11.2 Å². The van der Waals surface area contributed by atoms with E-state index >= 15 is 0 Å². The smallest absolute Gasteiger partial charge is 0.114 e. The zero-order valence-electron chi connectivity index (χ0n) is 22.3. The van der Waals surface area contributed by atoms with Crippen LogP contribution in [0.15, 0.2) is 36.4 Å². The van der Waals surface area contributed by atoms with Crippen molar-refractivity contribution in [1.29, 1.82) is 5.26 Å². The van der Waals surface area contributed by atoms with Crippen LogP contribution in [-0.4, -0.2) is 48.3 Å². The van der Waals surface area contributed by atoms with Crippen molar-refractivity contribution in [2.75, 3.05) is 31.2 Å². The van der Waals surface area contributed by atoms with Crippen molar-refractivity contribution < 1.29 is 4.74 Å². The number of H-pyrrole nitrogens is 1. The van der Waals surface area contributed by atoms with Gasteiger partial charge < -0.3 is 19.5 Å². The monoisotopic (exact) mass is 484 g/mol. The average Bonchev–Trinajstić information content (AvgIpc) is 3.24. The van der Waals surface area contributed by atoms with Crippen LogP contribution >= 0.6 is 0 Å². The van der Waals surface area contributed by atoms with Crippen LogP contribution in [0.5, 0.6) is 0 Å². The van der Waals surface area contributed by atoms with Gasteiger partial charge in [0.15, 0.2) is 0 Å². The standard InChI is InChI=1S/C31H40N4O/c1-5-24-7-8-27(19-29(24)25-10-14-34(15-11-25)26-12-16-36-17-13-26)35(21(2)3)31-22(4)28-9-6-23(20-32)18-30(28)33-31/h6-9,18-19,21,25-26,33H,5,10-17H2,1-4H3. The number of hydrogen-bond donors (Lipinski definition) is 1. The molecule has 5 rings (SSSR count). The Morgan fingerprint density at radius 1 is 1.08 bits per heavy atom. The predicted octanol–water partition coefficient (Wildman–Crippen LogP) is 6.82. The lowest BCUT2D eigenvalue weighted by Crippen LogP contribution is -2.43. The summed E-state index contributed by atoms with van der Waals surface area (Å²) in [6.07, 6.45) is 5.91. The number of anilines is 2. The van der Waals surface area contributed by atoms with Crippen LogP contribution in [0.25, 0.3) is 10.9 Å². The lowest BCUT2D eigenvalue weighted by atomic mass is 9.84. The minimum absolute atomic E-state index is 0.294. The van der Waals surface area contributed by atoms with Gasteiger partial charge in [-0.15, -0.1) is 0 Å². The molecule has 190 valence electrons. The summed E-state index contributed by atoms with van der Waals surface area (Å²) in [5.74, 6) is 1.74. The first kappa shape index (κ1) is 24.9. The number of ether oxygens (including phenoxy) is 1. The summed E-state index contributed by atoms with van der Waals surface area (Å²) in [7, 11) is 0. The molecule has 0 spiro atoms. The molecule has 2 fully saturated rings. The molecule has 5 heteroatoms. The van der Waals surface area contributed by atoms with E-state index < -0.39 is 0 Å². The SMILES string of the molecule is CCc1ccc(N(c2[nH]c3cc(C#N)ccc3c2C)C(C)C)cc1C1CCN(C2CCOCC2)CC1. The largest absolute Gasteiger partial charge is 0.381 e. The van der Waals surface area contributed by atoms with Gasteiger partial charge in [0.2, 0.25) is 0 Å². The first-order valence-electron chi connectivity index (χ1n) is 13.8. The molecule has 2 aliphatic heterocycles. The number of nitrogens with zero attached hydrogens (tertiary/aromatic N) is 3. The van der Waals surface area contributed by atoms with E-state index in [1.807, 2.05) is 12.1 Å². The summed E-state index contributed by atoms with van der Waals surface area (Å²) in [6.45, 7) is 13.2. The molecule has 5 nitrogen and oxygen atoms in total. The first-order chi connectivity index (χ1) is 17.5. The Bertz CT molecular complexity index is 1240. The van der Waals surface area contributed by atoms with Crippen molar-refractivity contribution in [2.24, 2.45) is 0 Å². The Labute approximate surface area is 216 Å². The Kier molecular flexibility index (Phi) is 7.37. The van der Waals surface area contributed by atoms with Gasteiger partial charge in [0.25, 0.3) is 0 Å². The molecule has 36 heavy (non-hydrogen) atoms. The fraction of sp³-hybridized carbons (Fsp3) is 0.516. The summed E-state index contributed by atoms with van der Waals surface area (Å²) in [6, 6.07) is 16.3. The summed E-state index contributed by atoms with van der Waals surface area (Å²) < 4.78 is 5.59. The number of piperidine rings is 1. The third kappa shape index (κ3) is 4.77. The molecule has 1 aromatic heterocycles. The number of benzene rings is 2. The molecule has 0 unspecified atom stereocenters. The van der Waals surface area contributed by atoms with Crippen LogP contribution in [0.4, 0.5) is 11.5 Å². The van der Waals surface area contributed by atoms with Crippen molar-refractivity contribution in [2.45, 2.75) is 77.8 Å². The minimum Gasteiger partial charge on any atom is -0.381 e. The number of rotatable bonds is 6. The molecule has 3 aromatic rings. The second-order valence-corrected chi connectivity index (χ2v) is 10.8. The quantitative estimate of drug-likeness (QED) is 0.417. The van der Waals surface area contributed by atoms with Crippen LogP contribution in [0.2, 0.25) is 0 Å². The topological polar surface area (TPSA) is 55.3 Å². The third-order valence-electron chi connectivity index (χ3n) is 8.38. The van der Waals surface area contributed by atoms with Crippen molar-refractivity contribution >= 4 is 22.4 Å². The second-order valence-electron chi connectivity index (χ2n) is 10.8. The van der Waals surface area contributed by atoms with Gasteiger partial charge >= 0.3 is 0 Å². The number of nitriles is 1. The zero-order valence-corrected chi connectivity index (χ0v) is 22.3. The molecule has 2 aromatic carbocycles. The highest BCUT2D eigenvalue weighted by Gasteiger charge is 2.29. The van der Waals surface area contributed by atoms with Gasteiger partial charge in [0.1, 0.15) is 5.82 Å². The van der Waals surface area contributed by atoms with Gasteiger partial charge in [-0.05, 0) is 113 Å². The number of likely N-dealkylation sites (tertiary alicyclic amines) is 1. The van der Waals surface area contributed by atoms with Crippen molar-refractivity contribution in [3.8, 4) is 6.07 Å². The van der Waals surface area contributed by atoms with Gasteiger partial charge in [-0.1, -0.05) is 19.1 Å². The van der Waals surface area contributed by atoms with Gasteiger partial charge in [0.05, 0.1) is 11.6 Å². The first-order valence-corrected chi connectivity index (χ1v) is 13.8. The lowest BCUT2D eigenvalue weighted by Gasteiger charge is -2.40. The van der Waals surface area contributed by atoms with E-state index in [-0.39, 0.29) is 0 Å². The maximum absolute atomic E-state index is 9.36. The highest BCUT2D eigenvalue weighted by molar-refractivity contribution is 5.91. The number of aryl methyl sites for hydroxylation is 2. The number of nitrogens with one attached hydrogen (secondary N) is 1. The number of hydrogen-bond acceptors (Lipinski definition) is 4. The minimum atomic E-state index is 0.294.